The lowest BCUT2D eigenvalue weighted by Gasteiger charge is -2.18. The smallest absolute Gasteiger partial charge is 0.119 e. The Bertz CT molecular complexity index is 440. The summed E-state index contributed by atoms with van der Waals surface area (Å²) < 4.78 is 5.38. The van der Waals surface area contributed by atoms with E-state index in [0.29, 0.717) is 0 Å². The van der Waals surface area contributed by atoms with Gasteiger partial charge in [0.15, 0.2) is 0 Å². The first-order chi connectivity index (χ1) is 9.85. The van der Waals surface area contributed by atoms with E-state index in [9.17, 15) is 0 Å². The highest BCUT2D eigenvalue weighted by molar-refractivity contribution is 8.08. The molecule has 0 radical (unpaired) electrons. The van der Waals surface area contributed by atoms with Crippen molar-refractivity contribution in [3.05, 3.63) is 35.4 Å². The minimum absolute atomic E-state index is 0.961. The zero-order chi connectivity index (χ0) is 14.2. The van der Waals surface area contributed by atoms with E-state index in [4.69, 9.17) is 4.74 Å². The molecule has 0 bridgehead atoms. The summed E-state index contributed by atoms with van der Waals surface area (Å²) in [5.74, 6) is 2.10. The van der Waals surface area contributed by atoms with Crippen LogP contribution in [0.5, 0.6) is 5.75 Å². The number of allylic oxidation sites excluding steroid dienone is 1. The summed E-state index contributed by atoms with van der Waals surface area (Å²) in [5, 5.41) is 0. The number of methoxy groups -OCH3 is 1. The molecule has 0 aromatic heterocycles. The predicted octanol–water partition coefficient (Wildman–Crippen LogP) is 5.90. The molecule has 0 aliphatic heterocycles. The maximum atomic E-state index is 5.38. The van der Waals surface area contributed by atoms with Crippen LogP contribution in [-0.2, 0) is 0 Å². The summed E-state index contributed by atoms with van der Waals surface area (Å²) in [6.07, 6.45) is 9.47. The average molecular weight is 290 g/mol. The minimum atomic E-state index is 0.961. The van der Waals surface area contributed by atoms with Gasteiger partial charge in [-0.05, 0) is 49.1 Å². The van der Waals surface area contributed by atoms with E-state index in [0.717, 1.165) is 11.5 Å². The van der Waals surface area contributed by atoms with Gasteiger partial charge in [-0.15, -0.1) is 11.8 Å². The summed E-state index contributed by atoms with van der Waals surface area (Å²) in [6, 6.07) is 8.55. The molecule has 0 amide bonds. The molecule has 1 aromatic carbocycles. The molecule has 1 aliphatic rings. The van der Waals surface area contributed by atoms with Crippen molar-refractivity contribution in [1.82, 2.24) is 0 Å². The average Bonchev–Trinajstić information content (AvgIpc) is 2.45. The van der Waals surface area contributed by atoms with Gasteiger partial charge in [-0.3, -0.25) is 0 Å². The van der Waals surface area contributed by atoms with Crippen LogP contribution in [0.3, 0.4) is 0 Å². The highest BCUT2D eigenvalue weighted by Gasteiger charge is 2.12. The highest BCUT2D eigenvalue weighted by Crippen LogP contribution is 2.37. The number of benzene rings is 1. The molecule has 2 rings (SSSR count). The molecule has 1 nitrogen and oxygen atoms in total. The van der Waals surface area contributed by atoms with Gasteiger partial charge >= 0.3 is 0 Å². The fourth-order valence-corrected chi connectivity index (χ4v) is 3.85. The fourth-order valence-electron chi connectivity index (χ4n) is 2.86. The third-order valence-corrected chi connectivity index (χ3v) is 5.00. The highest BCUT2D eigenvalue weighted by atomic mass is 32.2. The number of rotatable bonds is 4. The van der Waals surface area contributed by atoms with Crippen LogP contribution in [0, 0.1) is 0 Å². The van der Waals surface area contributed by atoms with Crippen molar-refractivity contribution in [2.75, 3.05) is 12.9 Å². The van der Waals surface area contributed by atoms with Crippen molar-refractivity contribution in [3.63, 3.8) is 0 Å². The van der Waals surface area contributed by atoms with E-state index in [1.54, 1.807) is 12.7 Å². The SMILES string of the molecule is CCSC(=C1CCCCCCC1)c1cccc(OC)c1. The first-order valence-electron chi connectivity index (χ1n) is 7.84. The van der Waals surface area contributed by atoms with Crippen molar-refractivity contribution in [2.45, 2.75) is 51.9 Å². The predicted molar refractivity (Wildman–Crippen MR) is 90.4 cm³/mol. The Morgan fingerprint density at radius 2 is 1.80 bits per heavy atom. The van der Waals surface area contributed by atoms with Crippen molar-refractivity contribution in [3.8, 4) is 5.75 Å². The monoisotopic (exact) mass is 290 g/mol. The molecular weight excluding hydrogens is 264 g/mol. The zero-order valence-electron chi connectivity index (χ0n) is 12.8. The maximum absolute atomic E-state index is 5.38. The van der Waals surface area contributed by atoms with E-state index in [1.165, 1.54) is 55.4 Å². The molecule has 0 unspecified atom stereocenters. The molecule has 1 aliphatic carbocycles. The third kappa shape index (κ3) is 4.31. The molecule has 1 fully saturated rings. The van der Waals surface area contributed by atoms with Gasteiger partial charge in [-0.1, -0.05) is 43.9 Å². The molecule has 1 aromatic rings. The van der Waals surface area contributed by atoms with E-state index in [2.05, 4.69) is 25.1 Å². The maximum Gasteiger partial charge on any atom is 0.119 e. The molecular formula is C18H26OS. The first-order valence-corrected chi connectivity index (χ1v) is 8.83. The Labute approximate surface area is 127 Å². The van der Waals surface area contributed by atoms with Crippen LogP contribution >= 0.6 is 11.8 Å². The molecule has 0 heterocycles. The number of thioether (sulfide) groups is 1. The van der Waals surface area contributed by atoms with Crippen LogP contribution < -0.4 is 4.74 Å². The van der Waals surface area contributed by atoms with Crippen molar-refractivity contribution >= 4 is 16.7 Å². The van der Waals surface area contributed by atoms with Gasteiger partial charge in [0.1, 0.15) is 5.75 Å². The van der Waals surface area contributed by atoms with Gasteiger partial charge in [0.25, 0.3) is 0 Å². The Kier molecular flexibility index (Phi) is 6.52. The first kappa shape index (κ1) is 15.5. The molecule has 0 saturated heterocycles. The van der Waals surface area contributed by atoms with Crippen LogP contribution in [0.25, 0.3) is 4.91 Å². The summed E-state index contributed by atoms with van der Waals surface area (Å²) in [4.78, 5) is 1.51. The third-order valence-electron chi connectivity index (χ3n) is 3.90. The quantitative estimate of drug-likeness (QED) is 0.682. The van der Waals surface area contributed by atoms with E-state index < -0.39 is 0 Å². The van der Waals surface area contributed by atoms with Crippen LogP contribution in [0.4, 0.5) is 0 Å². The summed E-state index contributed by atoms with van der Waals surface area (Å²) in [7, 11) is 1.74. The Morgan fingerprint density at radius 1 is 1.10 bits per heavy atom. The number of hydrogen-bond acceptors (Lipinski definition) is 2. The van der Waals surface area contributed by atoms with Crippen molar-refractivity contribution in [1.29, 1.82) is 0 Å². The standard InChI is InChI=1S/C18H26OS/c1-3-20-18(15-10-7-5-4-6-8-11-15)16-12-9-13-17(14-16)19-2/h9,12-14H,3-8,10-11H2,1-2H3. The minimum Gasteiger partial charge on any atom is -0.497 e. The Balaban J connectivity index is 2.31. The van der Waals surface area contributed by atoms with Gasteiger partial charge < -0.3 is 4.74 Å². The lowest BCUT2D eigenvalue weighted by Crippen LogP contribution is -1.96. The molecule has 1 saturated carbocycles. The second kappa shape index (κ2) is 8.41. The lowest BCUT2D eigenvalue weighted by molar-refractivity contribution is 0.414. The van der Waals surface area contributed by atoms with E-state index in [1.807, 2.05) is 17.8 Å². The largest absolute Gasteiger partial charge is 0.497 e. The summed E-state index contributed by atoms with van der Waals surface area (Å²) in [6.45, 7) is 2.24. The molecule has 2 heteroatoms. The number of hydrogen-bond donors (Lipinski definition) is 0. The second-order valence-electron chi connectivity index (χ2n) is 5.37. The van der Waals surface area contributed by atoms with Gasteiger partial charge in [0, 0.05) is 4.91 Å². The van der Waals surface area contributed by atoms with Gasteiger partial charge in [-0.2, -0.15) is 0 Å². The summed E-state index contributed by atoms with van der Waals surface area (Å²) in [5.41, 5.74) is 3.01. The molecule has 0 N–H and O–H groups in total. The van der Waals surface area contributed by atoms with Crippen LogP contribution in [0.1, 0.15) is 57.4 Å². The van der Waals surface area contributed by atoms with Crippen LogP contribution in [0.2, 0.25) is 0 Å². The molecule has 0 spiro atoms. The van der Waals surface area contributed by atoms with E-state index >= 15 is 0 Å². The van der Waals surface area contributed by atoms with Crippen LogP contribution in [0.15, 0.2) is 29.8 Å². The second-order valence-corrected chi connectivity index (χ2v) is 6.64. The molecule has 0 atom stereocenters. The molecule has 20 heavy (non-hydrogen) atoms. The van der Waals surface area contributed by atoms with Crippen LogP contribution in [-0.4, -0.2) is 12.9 Å². The summed E-state index contributed by atoms with van der Waals surface area (Å²) >= 11 is 2.00. The van der Waals surface area contributed by atoms with Gasteiger partial charge in [-0.25, -0.2) is 0 Å². The lowest BCUT2D eigenvalue weighted by atomic mass is 9.94. The van der Waals surface area contributed by atoms with Crippen molar-refractivity contribution < 1.29 is 4.74 Å². The van der Waals surface area contributed by atoms with Gasteiger partial charge in [0.2, 0.25) is 0 Å². The van der Waals surface area contributed by atoms with E-state index in [-0.39, 0.29) is 0 Å². The number of ether oxygens (including phenoxy) is 1. The molecule has 110 valence electrons. The Morgan fingerprint density at radius 3 is 2.45 bits per heavy atom. The normalized spacial score (nSPS) is 16.4. The Hall–Kier alpha value is -0.890. The zero-order valence-corrected chi connectivity index (χ0v) is 13.6. The topological polar surface area (TPSA) is 9.23 Å². The van der Waals surface area contributed by atoms with Crippen molar-refractivity contribution in [2.24, 2.45) is 0 Å². The fraction of sp³-hybridized carbons (Fsp3) is 0.556. The van der Waals surface area contributed by atoms with Gasteiger partial charge in [0.05, 0.1) is 7.11 Å².